The molecule has 9 heteroatoms. The van der Waals surface area contributed by atoms with Crippen molar-refractivity contribution in [3.63, 3.8) is 0 Å². The van der Waals surface area contributed by atoms with Crippen LogP contribution in [0.4, 0.5) is 4.39 Å². The van der Waals surface area contributed by atoms with Crippen molar-refractivity contribution in [2.45, 2.75) is 17.4 Å². The Labute approximate surface area is 192 Å². The summed E-state index contributed by atoms with van der Waals surface area (Å²) in [7, 11) is 0.468. The van der Waals surface area contributed by atoms with Crippen molar-refractivity contribution in [1.82, 2.24) is 4.41 Å². The lowest BCUT2D eigenvalue weighted by Gasteiger charge is -2.24. The molecule has 0 spiro atoms. The maximum Gasteiger partial charge on any atom is 0.279 e. The lowest BCUT2D eigenvalue weighted by atomic mass is 9.98. The maximum absolute atomic E-state index is 13.9. The molecule has 0 radical (unpaired) electrons. The van der Waals surface area contributed by atoms with Crippen LogP contribution in [0.15, 0.2) is 76.7 Å². The second-order valence-electron chi connectivity index (χ2n) is 7.33. The summed E-state index contributed by atoms with van der Waals surface area (Å²) in [5.74, 6) is 0.751. The van der Waals surface area contributed by atoms with Crippen molar-refractivity contribution >= 4 is 15.7 Å². The molecule has 1 atom stereocenters. The molecule has 1 aliphatic rings. The molecule has 4 rings (SSSR count). The molecule has 0 aromatic heterocycles. The molecule has 0 bridgehead atoms. The van der Waals surface area contributed by atoms with E-state index in [1.807, 2.05) is 0 Å². The van der Waals surface area contributed by atoms with E-state index in [9.17, 15) is 12.8 Å². The molecule has 3 aromatic rings. The summed E-state index contributed by atoms with van der Waals surface area (Å²) in [5.41, 5.74) is 1.56. The number of rotatable bonds is 7. The first-order chi connectivity index (χ1) is 15.9. The highest BCUT2D eigenvalue weighted by Crippen LogP contribution is 2.44. The Morgan fingerprint density at radius 3 is 2.15 bits per heavy atom. The van der Waals surface area contributed by atoms with E-state index in [2.05, 4.69) is 5.10 Å². The highest BCUT2D eigenvalue weighted by molar-refractivity contribution is 7.89. The summed E-state index contributed by atoms with van der Waals surface area (Å²) in [6.45, 7) is 0. The van der Waals surface area contributed by atoms with Crippen molar-refractivity contribution < 1.29 is 27.0 Å². The molecule has 7 nitrogen and oxygen atoms in total. The van der Waals surface area contributed by atoms with Crippen LogP contribution in [0.3, 0.4) is 0 Å². The van der Waals surface area contributed by atoms with Crippen molar-refractivity contribution in [1.29, 1.82) is 0 Å². The van der Waals surface area contributed by atoms with Crippen LogP contribution in [-0.2, 0) is 10.0 Å². The number of nitrogens with zero attached hydrogens (tertiary/aromatic N) is 2. The SMILES string of the molecule is COc1cc(C2CC(c3cccc(F)c3)=NN2S(=O)(=O)c2ccccc2)cc(OC)c1OC. The molecule has 172 valence electrons. The Morgan fingerprint density at radius 1 is 0.909 bits per heavy atom. The fourth-order valence-electron chi connectivity index (χ4n) is 3.80. The average molecular weight is 471 g/mol. The van der Waals surface area contributed by atoms with E-state index in [1.54, 1.807) is 42.5 Å². The summed E-state index contributed by atoms with van der Waals surface area (Å²) in [4.78, 5) is 0.103. The second-order valence-corrected chi connectivity index (χ2v) is 9.12. The number of sulfonamides is 1. The third kappa shape index (κ3) is 4.23. The van der Waals surface area contributed by atoms with E-state index < -0.39 is 21.9 Å². The van der Waals surface area contributed by atoms with E-state index in [1.165, 1.54) is 45.6 Å². The summed E-state index contributed by atoms with van der Waals surface area (Å²) in [5, 5.41) is 4.44. The van der Waals surface area contributed by atoms with Crippen molar-refractivity contribution in [2.24, 2.45) is 5.10 Å². The van der Waals surface area contributed by atoms with Crippen molar-refractivity contribution in [3.8, 4) is 17.2 Å². The highest BCUT2D eigenvalue weighted by Gasteiger charge is 2.38. The Balaban J connectivity index is 1.86. The quantitative estimate of drug-likeness (QED) is 0.512. The zero-order valence-electron chi connectivity index (χ0n) is 18.4. The van der Waals surface area contributed by atoms with Crippen LogP contribution in [-0.4, -0.2) is 39.9 Å². The Bertz CT molecular complexity index is 1270. The molecule has 1 aliphatic heterocycles. The normalized spacial score (nSPS) is 15.8. The molecule has 1 heterocycles. The fraction of sp³-hybridized carbons (Fsp3) is 0.208. The lowest BCUT2D eigenvalue weighted by Crippen LogP contribution is -2.27. The number of hydrogen-bond acceptors (Lipinski definition) is 6. The molecule has 0 saturated heterocycles. The van der Waals surface area contributed by atoms with Gasteiger partial charge in [0.15, 0.2) is 11.5 Å². The number of halogens is 1. The van der Waals surface area contributed by atoms with Gasteiger partial charge in [-0.05, 0) is 42.0 Å². The van der Waals surface area contributed by atoms with Gasteiger partial charge in [-0.25, -0.2) is 4.39 Å². The molecule has 0 aliphatic carbocycles. The molecule has 0 saturated carbocycles. The molecule has 3 aromatic carbocycles. The van der Waals surface area contributed by atoms with Gasteiger partial charge >= 0.3 is 0 Å². The first kappa shape index (κ1) is 22.6. The number of hydrogen-bond donors (Lipinski definition) is 0. The third-order valence-electron chi connectivity index (χ3n) is 5.39. The molecule has 0 N–H and O–H groups in total. The number of ether oxygens (including phenoxy) is 3. The Kier molecular flexibility index (Phi) is 6.24. The van der Waals surface area contributed by atoms with Crippen LogP contribution < -0.4 is 14.2 Å². The molecular weight excluding hydrogens is 447 g/mol. The van der Waals surface area contributed by atoms with Crippen LogP contribution in [0.25, 0.3) is 0 Å². The number of benzene rings is 3. The van der Waals surface area contributed by atoms with Gasteiger partial charge in [0, 0.05) is 12.0 Å². The minimum Gasteiger partial charge on any atom is -0.493 e. The smallest absolute Gasteiger partial charge is 0.279 e. The van der Waals surface area contributed by atoms with Gasteiger partial charge in [0.1, 0.15) is 5.82 Å². The Morgan fingerprint density at radius 2 is 1.58 bits per heavy atom. The van der Waals surface area contributed by atoms with Gasteiger partial charge in [-0.1, -0.05) is 30.3 Å². The van der Waals surface area contributed by atoms with Crippen LogP contribution in [0.5, 0.6) is 17.2 Å². The van der Waals surface area contributed by atoms with E-state index in [-0.39, 0.29) is 11.3 Å². The first-order valence-corrected chi connectivity index (χ1v) is 11.6. The summed E-state index contributed by atoms with van der Waals surface area (Å²) < 4.78 is 58.4. The fourth-order valence-corrected chi connectivity index (χ4v) is 5.25. The lowest BCUT2D eigenvalue weighted by molar-refractivity contribution is 0.319. The number of methoxy groups -OCH3 is 3. The minimum atomic E-state index is -4.00. The van der Waals surface area contributed by atoms with Gasteiger partial charge in [0.05, 0.1) is 38.0 Å². The molecular formula is C24H23FN2O5S. The minimum absolute atomic E-state index is 0.103. The van der Waals surface area contributed by atoms with Crippen LogP contribution in [0.2, 0.25) is 0 Å². The van der Waals surface area contributed by atoms with E-state index in [4.69, 9.17) is 14.2 Å². The van der Waals surface area contributed by atoms with E-state index >= 15 is 0 Å². The maximum atomic E-state index is 13.9. The topological polar surface area (TPSA) is 77.4 Å². The average Bonchev–Trinajstić information content (AvgIpc) is 3.30. The van der Waals surface area contributed by atoms with Crippen LogP contribution in [0, 0.1) is 5.82 Å². The van der Waals surface area contributed by atoms with Crippen molar-refractivity contribution in [3.05, 3.63) is 83.7 Å². The Hall–Kier alpha value is -3.59. The van der Waals surface area contributed by atoms with E-state index in [0.29, 0.717) is 34.1 Å². The van der Waals surface area contributed by atoms with E-state index in [0.717, 1.165) is 4.41 Å². The summed E-state index contributed by atoms with van der Waals surface area (Å²) >= 11 is 0. The molecule has 33 heavy (non-hydrogen) atoms. The largest absolute Gasteiger partial charge is 0.493 e. The molecule has 0 amide bonds. The molecule has 0 fully saturated rings. The van der Waals surface area contributed by atoms with Gasteiger partial charge in [-0.3, -0.25) is 0 Å². The van der Waals surface area contributed by atoms with Gasteiger partial charge in [-0.15, -0.1) is 0 Å². The first-order valence-electron chi connectivity index (χ1n) is 10.1. The second kappa shape index (κ2) is 9.11. The third-order valence-corrected chi connectivity index (χ3v) is 7.09. The van der Waals surface area contributed by atoms with Gasteiger partial charge in [-0.2, -0.15) is 17.9 Å². The zero-order valence-corrected chi connectivity index (χ0v) is 19.2. The predicted molar refractivity (Wildman–Crippen MR) is 122 cm³/mol. The van der Waals surface area contributed by atoms with Gasteiger partial charge in [0.2, 0.25) is 5.75 Å². The zero-order chi connectivity index (χ0) is 23.6. The van der Waals surface area contributed by atoms with Gasteiger partial charge in [0.25, 0.3) is 10.0 Å². The van der Waals surface area contributed by atoms with Crippen molar-refractivity contribution in [2.75, 3.05) is 21.3 Å². The van der Waals surface area contributed by atoms with Crippen LogP contribution >= 0.6 is 0 Å². The molecule has 1 unspecified atom stereocenters. The summed E-state index contributed by atoms with van der Waals surface area (Å²) in [6, 6.07) is 16.7. The van der Waals surface area contributed by atoms with Crippen LogP contribution in [0.1, 0.15) is 23.6 Å². The number of hydrazone groups is 1. The monoisotopic (exact) mass is 470 g/mol. The summed E-state index contributed by atoms with van der Waals surface area (Å²) in [6.07, 6.45) is 0.230. The highest BCUT2D eigenvalue weighted by atomic mass is 32.2. The predicted octanol–water partition coefficient (Wildman–Crippen LogP) is 4.39. The van der Waals surface area contributed by atoms with Gasteiger partial charge < -0.3 is 14.2 Å². The standard InChI is InChI=1S/C24H23FN2O5S/c1-30-22-13-17(14-23(31-2)24(22)32-3)21-15-20(16-8-7-9-18(25)12-16)26-27(21)33(28,29)19-10-5-4-6-11-19/h4-14,21H,15H2,1-3H3.